The second-order valence-corrected chi connectivity index (χ2v) is 6.87. The molecule has 0 saturated heterocycles. The highest BCUT2D eigenvalue weighted by atomic mass is 16.5. The van der Waals surface area contributed by atoms with Gasteiger partial charge in [-0.05, 0) is 31.0 Å². The van der Waals surface area contributed by atoms with Gasteiger partial charge in [-0.1, -0.05) is 18.2 Å². The number of hydrogen-bond acceptors (Lipinski definition) is 5. The number of methoxy groups -OCH3 is 3. The number of hydrogen-bond donors (Lipinski definition) is 2. The molecule has 1 heterocycles. The third-order valence-corrected chi connectivity index (χ3v) is 4.98. The van der Waals surface area contributed by atoms with Gasteiger partial charge in [0, 0.05) is 42.4 Å². The van der Waals surface area contributed by atoms with E-state index in [1.807, 2.05) is 42.6 Å². The summed E-state index contributed by atoms with van der Waals surface area (Å²) < 4.78 is 16.4. The van der Waals surface area contributed by atoms with Crippen molar-refractivity contribution in [1.82, 2.24) is 15.6 Å². The van der Waals surface area contributed by atoms with Gasteiger partial charge in [0.1, 0.15) is 17.2 Å². The summed E-state index contributed by atoms with van der Waals surface area (Å²) in [5, 5.41) is 7.83. The zero-order chi connectivity index (χ0) is 22.1. The van der Waals surface area contributed by atoms with Gasteiger partial charge in [-0.2, -0.15) is 0 Å². The minimum Gasteiger partial charge on any atom is -0.496 e. The van der Waals surface area contributed by atoms with E-state index in [1.165, 1.54) is 0 Å². The van der Waals surface area contributed by atoms with Crippen LogP contribution in [0.2, 0.25) is 0 Å². The first-order valence-electron chi connectivity index (χ1n) is 10.3. The van der Waals surface area contributed by atoms with Crippen molar-refractivity contribution in [3.8, 4) is 17.2 Å². The SMILES string of the molecule is CCNC(=NCc1ccnc2ccccc12)NCCc1c(OC)cc(OC)cc1OC. The molecule has 0 aliphatic heterocycles. The molecule has 0 spiro atoms. The summed E-state index contributed by atoms with van der Waals surface area (Å²) in [5.41, 5.74) is 3.10. The van der Waals surface area contributed by atoms with Crippen molar-refractivity contribution in [3.63, 3.8) is 0 Å². The van der Waals surface area contributed by atoms with Crippen LogP contribution in [0.5, 0.6) is 17.2 Å². The summed E-state index contributed by atoms with van der Waals surface area (Å²) >= 11 is 0. The Morgan fingerprint density at radius 2 is 1.71 bits per heavy atom. The average molecular weight is 423 g/mol. The topological polar surface area (TPSA) is 77.0 Å². The molecule has 0 bridgehead atoms. The van der Waals surface area contributed by atoms with Crippen molar-refractivity contribution < 1.29 is 14.2 Å². The summed E-state index contributed by atoms with van der Waals surface area (Å²) in [4.78, 5) is 9.18. The number of para-hydroxylation sites is 1. The largest absolute Gasteiger partial charge is 0.496 e. The lowest BCUT2D eigenvalue weighted by Crippen LogP contribution is -2.38. The Labute approximate surface area is 183 Å². The standard InChI is InChI=1S/C24H30N4O3/c1-5-25-24(28-16-17-10-12-26-21-9-7-6-8-19(17)21)27-13-11-20-22(30-3)14-18(29-2)15-23(20)31-4/h6-10,12,14-15H,5,11,13,16H2,1-4H3,(H2,25,27,28). The maximum Gasteiger partial charge on any atom is 0.191 e. The molecule has 0 aliphatic carbocycles. The fourth-order valence-corrected chi connectivity index (χ4v) is 3.43. The van der Waals surface area contributed by atoms with Gasteiger partial charge in [-0.15, -0.1) is 0 Å². The van der Waals surface area contributed by atoms with Crippen LogP contribution in [0.25, 0.3) is 10.9 Å². The smallest absolute Gasteiger partial charge is 0.191 e. The van der Waals surface area contributed by atoms with Crippen molar-refractivity contribution in [2.75, 3.05) is 34.4 Å². The first-order valence-corrected chi connectivity index (χ1v) is 10.3. The van der Waals surface area contributed by atoms with Crippen molar-refractivity contribution in [1.29, 1.82) is 0 Å². The van der Waals surface area contributed by atoms with E-state index in [0.29, 0.717) is 25.3 Å². The molecule has 0 amide bonds. The Bertz CT molecular complexity index is 1010. The predicted molar refractivity (Wildman–Crippen MR) is 124 cm³/mol. The first-order chi connectivity index (χ1) is 15.2. The number of rotatable bonds is 9. The molecule has 0 saturated carbocycles. The lowest BCUT2D eigenvalue weighted by molar-refractivity contribution is 0.368. The summed E-state index contributed by atoms with van der Waals surface area (Å²) in [6.07, 6.45) is 2.54. The lowest BCUT2D eigenvalue weighted by atomic mass is 10.1. The van der Waals surface area contributed by atoms with Crippen LogP contribution in [-0.2, 0) is 13.0 Å². The number of aliphatic imine (C=N–C) groups is 1. The predicted octanol–water partition coefficient (Wildman–Crippen LogP) is 3.56. The molecule has 3 aromatic rings. The third kappa shape index (κ3) is 5.57. The van der Waals surface area contributed by atoms with Gasteiger partial charge in [-0.3, -0.25) is 4.98 Å². The van der Waals surface area contributed by atoms with Crippen LogP contribution >= 0.6 is 0 Å². The Hall–Kier alpha value is -3.48. The number of pyridine rings is 1. The van der Waals surface area contributed by atoms with Crippen LogP contribution < -0.4 is 24.8 Å². The summed E-state index contributed by atoms with van der Waals surface area (Å²) in [6, 6.07) is 13.9. The summed E-state index contributed by atoms with van der Waals surface area (Å²) in [5.74, 6) is 2.94. The molecular formula is C24H30N4O3. The van der Waals surface area contributed by atoms with E-state index < -0.39 is 0 Å². The van der Waals surface area contributed by atoms with Crippen molar-refractivity contribution in [2.24, 2.45) is 4.99 Å². The van der Waals surface area contributed by atoms with Crippen LogP contribution in [0.4, 0.5) is 0 Å². The maximum absolute atomic E-state index is 5.54. The Kier molecular flexibility index (Phi) is 7.92. The van der Waals surface area contributed by atoms with E-state index in [1.54, 1.807) is 21.3 Å². The Morgan fingerprint density at radius 3 is 2.39 bits per heavy atom. The Morgan fingerprint density at radius 1 is 0.968 bits per heavy atom. The number of guanidine groups is 1. The molecular weight excluding hydrogens is 392 g/mol. The van der Waals surface area contributed by atoms with Gasteiger partial charge in [0.2, 0.25) is 0 Å². The molecule has 0 fully saturated rings. The van der Waals surface area contributed by atoms with E-state index >= 15 is 0 Å². The summed E-state index contributed by atoms with van der Waals surface area (Å²) in [7, 11) is 4.92. The van der Waals surface area contributed by atoms with Gasteiger partial charge >= 0.3 is 0 Å². The molecule has 7 nitrogen and oxygen atoms in total. The summed E-state index contributed by atoms with van der Waals surface area (Å²) in [6.45, 7) is 4.06. The van der Waals surface area contributed by atoms with E-state index in [9.17, 15) is 0 Å². The molecule has 0 aliphatic rings. The van der Waals surface area contributed by atoms with Gasteiger partial charge in [0.15, 0.2) is 5.96 Å². The van der Waals surface area contributed by atoms with E-state index in [4.69, 9.17) is 19.2 Å². The highest BCUT2D eigenvalue weighted by Gasteiger charge is 2.13. The molecule has 31 heavy (non-hydrogen) atoms. The zero-order valence-corrected chi connectivity index (χ0v) is 18.6. The average Bonchev–Trinajstić information content (AvgIpc) is 2.82. The lowest BCUT2D eigenvalue weighted by Gasteiger charge is -2.16. The van der Waals surface area contributed by atoms with Crippen LogP contribution in [0.15, 0.2) is 53.7 Å². The zero-order valence-electron chi connectivity index (χ0n) is 18.6. The maximum atomic E-state index is 5.54. The molecule has 0 unspecified atom stereocenters. The monoisotopic (exact) mass is 422 g/mol. The second-order valence-electron chi connectivity index (χ2n) is 6.87. The van der Waals surface area contributed by atoms with Crippen molar-refractivity contribution >= 4 is 16.9 Å². The molecule has 2 aromatic carbocycles. The molecule has 0 atom stereocenters. The van der Waals surface area contributed by atoms with Gasteiger partial charge in [0.25, 0.3) is 0 Å². The van der Waals surface area contributed by atoms with Gasteiger partial charge in [0.05, 0.1) is 33.4 Å². The molecule has 2 N–H and O–H groups in total. The number of fused-ring (bicyclic) bond motifs is 1. The fourth-order valence-electron chi connectivity index (χ4n) is 3.43. The van der Waals surface area contributed by atoms with E-state index in [2.05, 4.69) is 28.6 Å². The second kappa shape index (κ2) is 11.1. The van der Waals surface area contributed by atoms with Crippen molar-refractivity contribution in [2.45, 2.75) is 19.9 Å². The fraction of sp³-hybridized carbons (Fsp3) is 0.333. The minimum absolute atomic E-state index is 0.563. The van der Waals surface area contributed by atoms with E-state index in [0.717, 1.165) is 46.0 Å². The van der Waals surface area contributed by atoms with Crippen LogP contribution in [0.3, 0.4) is 0 Å². The van der Waals surface area contributed by atoms with Crippen molar-refractivity contribution in [3.05, 3.63) is 59.8 Å². The number of aromatic nitrogens is 1. The van der Waals surface area contributed by atoms with Gasteiger partial charge < -0.3 is 24.8 Å². The minimum atomic E-state index is 0.563. The molecule has 164 valence electrons. The van der Waals surface area contributed by atoms with Crippen LogP contribution in [-0.4, -0.2) is 45.4 Å². The highest BCUT2D eigenvalue weighted by molar-refractivity contribution is 5.83. The molecule has 0 radical (unpaired) electrons. The van der Waals surface area contributed by atoms with Crippen LogP contribution in [0, 0.1) is 0 Å². The number of nitrogens with zero attached hydrogens (tertiary/aromatic N) is 2. The first kappa shape index (κ1) is 22.2. The normalized spacial score (nSPS) is 11.3. The number of ether oxygens (including phenoxy) is 3. The third-order valence-electron chi connectivity index (χ3n) is 4.98. The molecule has 3 rings (SSSR count). The highest BCUT2D eigenvalue weighted by Crippen LogP contribution is 2.34. The number of nitrogens with one attached hydrogen (secondary N) is 2. The number of benzene rings is 2. The quantitative estimate of drug-likeness (QED) is 0.406. The molecule has 7 heteroatoms. The molecule has 1 aromatic heterocycles. The van der Waals surface area contributed by atoms with E-state index in [-0.39, 0.29) is 0 Å². The van der Waals surface area contributed by atoms with Gasteiger partial charge in [-0.25, -0.2) is 4.99 Å². The Balaban J connectivity index is 1.71. The van der Waals surface area contributed by atoms with Crippen LogP contribution in [0.1, 0.15) is 18.1 Å².